The summed E-state index contributed by atoms with van der Waals surface area (Å²) >= 11 is 0. The largest absolute Gasteiger partial charge is 0.466 e. The van der Waals surface area contributed by atoms with Gasteiger partial charge in [0.05, 0.1) is 24.1 Å². The highest BCUT2D eigenvalue weighted by Gasteiger charge is 2.20. The van der Waals surface area contributed by atoms with E-state index in [0.717, 1.165) is 36.9 Å². The predicted octanol–water partition coefficient (Wildman–Crippen LogP) is 2.54. The average Bonchev–Trinajstić information content (AvgIpc) is 2.90. The molecule has 0 unspecified atom stereocenters. The third-order valence-corrected chi connectivity index (χ3v) is 6.99. The number of amides is 1. The molecule has 2 heterocycles. The summed E-state index contributed by atoms with van der Waals surface area (Å²) in [7, 11) is 0. The highest BCUT2D eigenvalue weighted by atomic mass is 19.1. The number of nitrogens with zero attached hydrogens (tertiary/aromatic N) is 4. The number of halogens is 1. The van der Waals surface area contributed by atoms with E-state index in [9.17, 15) is 18.8 Å². The van der Waals surface area contributed by atoms with Gasteiger partial charge >= 0.3 is 5.97 Å². The van der Waals surface area contributed by atoms with Crippen molar-refractivity contribution in [3.05, 3.63) is 69.4 Å². The molecule has 0 spiro atoms. The van der Waals surface area contributed by atoms with Gasteiger partial charge in [-0.1, -0.05) is 12.1 Å². The lowest BCUT2D eigenvalue weighted by Crippen LogP contribution is -2.47. The van der Waals surface area contributed by atoms with Crippen molar-refractivity contribution < 1.29 is 18.7 Å². The number of benzene rings is 2. The standard InChI is InChI=1S/C28H34FN5O4/c1-4-38-27(36)17-24-22-9-8-21(29)16-23(22)28(37)34(31-24)18-30-26(35)10-11-32-12-14-33(15-13-32)25-7-5-6-19(2)20(25)3/h5-9,16H,4,10-15,17-18H2,1-3H3,(H,30,35). The summed E-state index contributed by atoms with van der Waals surface area (Å²) in [6.45, 7) is 10.1. The molecule has 2 aromatic carbocycles. The molecule has 0 aliphatic carbocycles. The van der Waals surface area contributed by atoms with E-state index >= 15 is 0 Å². The van der Waals surface area contributed by atoms with Gasteiger partial charge in [0.25, 0.3) is 5.56 Å². The quantitative estimate of drug-likeness (QED) is 0.431. The Morgan fingerprint density at radius 3 is 2.58 bits per heavy atom. The fraction of sp³-hybridized carbons (Fsp3) is 0.429. The second-order valence-electron chi connectivity index (χ2n) is 9.48. The van der Waals surface area contributed by atoms with Gasteiger partial charge in [0, 0.05) is 50.2 Å². The SMILES string of the molecule is CCOC(=O)Cc1nn(CNC(=O)CCN2CCN(c3cccc(C)c3C)CC2)c(=O)c2cc(F)ccc12. The van der Waals surface area contributed by atoms with Crippen molar-refractivity contribution >= 4 is 28.3 Å². The minimum absolute atomic E-state index is 0.0928. The molecule has 10 heteroatoms. The maximum Gasteiger partial charge on any atom is 0.311 e. The molecule has 1 aliphatic heterocycles. The van der Waals surface area contributed by atoms with Crippen LogP contribution in [0.5, 0.6) is 0 Å². The third kappa shape index (κ3) is 6.36. The summed E-state index contributed by atoms with van der Waals surface area (Å²) in [5.41, 5.74) is 3.58. The Labute approximate surface area is 221 Å². The van der Waals surface area contributed by atoms with Crippen LogP contribution in [-0.4, -0.2) is 65.9 Å². The molecule has 1 aromatic heterocycles. The molecule has 1 aliphatic rings. The minimum Gasteiger partial charge on any atom is -0.466 e. The van der Waals surface area contributed by atoms with E-state index in [2.05, 4.69) is 52.3 Å². The Hall–Kier alpha value is -3.79. The van der Waals surface area contributed by atoms with E-state index in [4.69, 9.17) is 4.74 Å². The fourth-order valence-corrected chi connectivity index (χ4v) is 4.72. The van der Waals surface area contributed by atoms with Crippen molar-refractivity contribution in [2.45, 2.75) is 40.3 Å². The first-order valence-electron chi connectivity index (χ1n) is 12.9. The molecule has 0 atom stereocenters. The topological polar surface area (TPSA) is 96.8 Å². The lowest BCUT2D eigenvalue weighted by molar-refractivity contribution is -0.142. The van der Waals surface area contributed by atoms with Crippen molar-refractivity contribution in [2.24, 2.45) is 0 Å². The van der Waals surface area contributed by atoms with Crippen LogP contribution >= 0.6 is 0 Å². The second-order valence-corrected chi connectivity index (χ2v) is 9.48. The normalized spacial score (nSPS) is 14.1. The van der Waals surface area contributed by atoms with Crippen molar-refractivity contribution in [1.82, 2.24) is 20.0 Å². The number of fused-ring (bicyclic) bond motifs is 1. The van der Waals surface area contributed by atoms with Crippen LogP contribution in [0.2, 0.25) is 0 Å². The molecule has 4 rings (SSSR count). The van der Waals surface area contributed by atoms with Gasteiger partial charge in [-0.15, -0.1) is 0 Å². The zero-order valence-electron chi connectivity index (χ0n) is 22.1. The Bertz CT molecular complexity index is 1380. The van der Waals surface area contributed by atoms with Gasteiger partial charge in [-0.2, -0.15) is 5.10 Å². The van der Waals surface area contributed by atoms with Crippen LogP contribution in [0.1, 0.15) is 30.2 Å². The summed E-state index contributed by atoms with van der Waals surface area (Å²) in [6.07, 6.45) is 0.106. The Morgan fingerprint density at radius 1 is 1.08 bits per heavy atom. The van der Waals surface area contributed by atoms with Gasteiger partial charge in [0.1, 0.15) is 12.5 Å². The van der Waals surface area contributed by atoms with Crippen LogP contribution < -0.4 is 15.8 Å². The minimum atomic E-state index is -0.573. The first-order valence-corrected chi connectivity index (χ1v) is 12.9. The van der Waals surface area contributed by atoms with E-state index in [1.54, 1.807) is 6.92 Å². The number of aromatic nitrogens is 2. The summed E-state index contributed by atoms with van der Waals surface area (Å²) in [5.74, 6) is -1.30. The van der Waals surface area contributed by atoms with Crippen LogP contribution in [-0.2, 0) is 27.4 Å². The molecule has 1 amide bonds. The maximum absolute atomic E-state index is 13.9. The van der Waals surface area contributed by atoms with Crippen molar-refractivity contribution in [3.63, 3.8) is 0 Å². The average molecular weight is 524 g/mol. The second kappa shape index (κ2) is 12.2. The van der Waals surface area contributed by atoms with E-state index in [0.29, 0.717) is 11.9 Å². The van der Waals surface area contributed by atoms with Crippen LogP contribution in [0.15, 0.2) is 41.2 Å². The number of rotatable bonds is 9. The molecule has 1 fully saturated rings. The number of carbonyl (C=O) groups is 2. The van der Waals surface area contributed by atoms with Crippen LogP contribution in [0.3, 0.4) is 0 Å². The van der Waals surface area contributed by atoms with Crippen LogP contribution in [0.25, 0.3) is 10.8 Å². The number of ether oxygens (including phenoxy) is 1. The van der Waals surface area contributed by atoms with Crippen molar-refractivity contribution in [3.8, 4) is 0 Å². The highest BCUT2D eigenvalue weighted by molar-refractivity contribution is 5.87. The first-order chi connectivity index (χ1) is 18.3. The number of nitrogens with one attached hydrogen (secondary N) is 1. The lowest BCUT2D eigenvalue weighted by Gasteiger charge is -2.37. The van der Waals surface area contributed by atoms with Gasteiger partial charge < -0.3 is 15.0 Å². The Morgan fingerprint density at radius 2 is 1.84 bits per heavy atom. The summed E-state index contributed by atoms with van der Waals surface area (Å²) in [6, 6.07) is 10.1. The molecule has 9 nitrogen and oxygen atoms in total. The number of esters is 1. The molecule has 3 aromatic rings. The zero-order valence-corrected chi connectivity index (χ0v) is 22.1. The van der Waals surface area contributed by atoms with Gasteiger partial charge in [-0.05, 0) is 56.2 Å². The van der Waals surface area contributed by atoms with E-state index in [1.807, 2.05) is 0 Å². The number of piperazine rings is 1. The molecular formula is C28H34FN5O4. The highest BCUT2D eigenvalue weighted by Crippen LogP contribution is 2.24. The molecule has 0 radical (unpaired) electrons. The van der Waals surface area contributed by atoms with Crippen LogP contribution in [0, 0.1) is 19.7 Å². The van der Waals surface area contributed by atoms with Crippen LogP contribution in [0.4, 0.5) is 10.1 Å². The van der Waals surface area contributed by atoms with Gasteiger partial charge in [0.2, 0.25) is 5.91 Å². The van der Waals surface area contributed by atoms with E-state index in [1.165, 1.54) is 28.9 Å². The van der Waals surface area contributed by atoms with Crippen molar-refractivity contribution in [1.29, 1.82) is 0 Å². The number of carbonyl (C=O) groups excluding carboxylic acids is 2. The molecule has 38 heavy (non-hydrogen) atoms. The van der Waals surface area contributed by atoms with Gasteiger partial charge in [-0.25, -0.2) is 9.07 Å². The molecule has 1 N–H and O–H groups in total. The molecule has 202 valence electrons. The van der Waals surface area contributed by atoms with E-state index in [-0.39, 0.29) is 43.1 Å². The molecular weight excluding hydrogens is 489 g/mol. The summed E-state index contributed by atoms with van der Waals surface area (Å²) < 4.78 is 19.9. The maximum atomic E-state index is 13.9. The monoisotopic (exact) mass is 523 g/mol. The fourth-order valence-electron chi connectivity index (χ4n) is 4.72. The predicted molar refractivity (Wildman–Crippen MR) is 144 cm³/mol. The number of anilines is 1. The Balaban J connectivity index is 1.34. The summed E-state index contributed by atoms with van der Waals surface area (Å²) in [5, 5.41) is 7.48. The number of hydrogen-bond acceptors (Lipinski definition) is 7. The third-order valence-electron chi connectivity index (χ3n) is 6.99. The molecule has 1 saturated heterocycles. The number of hydrogen-bond donors (Lipinski definition) is 1. The molecule has 0 bridgehead atoms. The van der Waals surface area contributed by atoms with Gasteiger partial charge in [0.15, 0.2) is 0 Å². The molecule has 0 saturated carbocycles. The summed E-state index contributed by atoms with van der Waals surface area (Å²) in [4.78, 5) is 42.2. The number of aryl methyl sites for hydroxylation is 1. The van der Waals surface area contributed by atoms with Gasteiger partial charge in [-0.3, -0.25) is 19.3 Å². The van der Waals surface area contributed by atoms with Crippen molar-refractivity contribution in [2.75, 3.05) is 44.2 Å². The first kappa shape index (κ1) is 27.3. The smallest absolute Gasteiger partial charge is 0.311 e. The Kier molecular flexibility index (Phi) is 8.73. The van der Waals surface area contributed by atoms with E-state index < -0.39 is 17.3 Å². The zero-order chi connectivity index (χ0) is 27.2. The lowest BCUT2D eigenvalue weighted by atomic mass is 10.1.